The van der Waals surface area contributed by atoms with Crippen molar-refractivity contribution < 1.29 is 4.79 Å². The molecular formula is C14H21BrN2O. The first-order chi connectivity index (χ1) is 8.43. The summed E-state index contributed by atoms with van der Waals surface area (Å²) in [5, 5.41) is 3.25. The van der Waals surface area contributed by atoms with Crippen LogP contribution in [0.2, 0.25) is 0 Å². The van der Waals surface area contributed by atoms with Crippen molar-refractivity contribution in [1.29, 1.82) is 0 Å². The zero-order valence-electron chi connectivity index (χ0n) is 11.4. The molecule has 18 heavy (non-hydrogen) atoms. The van der Waals surface area contributed by atoms with Crippen molar-refractivity contribution >= 4 is 21.8 Å². The van der Waals surface area contributed by atoms with Crippen LogP contribution >= 0.6 is 15.9 Å². The summed E-state index contributed by atoms with van der Waals surface area (Å²) in [6.07, 6.45) is 0. The Labute approximate surface area is 118 Å². The minimum Gasteiger partial charge on any atom is -0.342 e. The van der Waals surface area contributed by atoms with E-state index in [1.54, 1.807) is 4.90 Å². The maximum absolute atomic E-state index is 11.9. The molecule has 100 valence electrons. The van der Waals surface area contributed by atoms with Gasteiger partial charge in [0.2, 0.25) is 5.91 Å². The average molecular weight is 313 g/mol. The number of amides is 1. The zero-order valence-corrected chi connectivity index (χ0v) is 13.0. The minimum absolute atomic E-state index is 0.115. The molecule has 4 heteroatoms. The topological polar surface area (TPSA) is 32.3 Å². The fourth-order valence-electron chi connectivity index (χ4n) is 1.59. The molecule has 0 radical (unpaired) electrons. The molecule has 1 aromatic rings. The van der Waals surface area contributed by atoms with Gasteiger partial charge < -0.3 is 10.2 Å². The normalized spacial score (nSPS) is 12.6. The van der Waals surface area contributed by atoms with Gasteiger partial charge in [0, 0.05) is 23.6 Å². The molecule has 1 atom stereocenters. The van der Waals surface area contributed by atoms with E-state index in [9.17, 15) is 4.79 Å². The Kier molecular flexibility index (Phi) is 5.82. The lowest BCUT2D eigenvalue weighted by molar-refractivity contribution is -0.130. The summed E-state index contributed by atoms with van der Waals surface area (Å²) >= 11 is 3.52. The highest BCUT2D eigenvalue weighted by Gasteiger charge is 2.14. The third-order valence-electron chi connectivity index (χ3n) is 3.10. The molecule has 0 spiro atoms. The maximum Gasteiger partial charge on any atom is 0.236 e. The van der Waals surface area contributed by atoms with E-state index in [-0.39, 0.29) is 18.0 Å². The van der Waals surface area contributed by atoms with Gasteiger partial charge in [0.1, 0.15) is 0 Å². The van der Waals surface area contributed by atoms with Crippen LogP contribution in [0.4, 0.5) is 0 Å². The summed E-state index contributed by atoms with van der Waals surface area (Å²) in [6, 6.07) is 8.43. The van der Waals surface area contributed by atoms with Gasteiger partial charge in [-0.25, -0.2) is 0 Å². The van der Waals surface area contributed by atoms with E-state index in [0.717, 1.165) is 10.0 Å². The number of likely N-dealkylation sites (N-methyl/N-ethyl adjacent to an activating group) is 1. The van der Waals surface area contributed by atoms with E-state index in [1.165, 1.54) is 0 Å². The van der Waals surface area contributed by atoms with Gasteiger partial charge in [0.25, 0.3) is 0 Å². The Bertz CT molecular complexity index is 407. The fraction of sp³-hybridized carbons (Fsp3) is 0.500. The van der Waals surface area contributed by atoms with Crippen molar-refractivity contribution in [3.8, 4) is 0 Å². The number of hydrogen-bond acceptors (Lipinski definition) is 2. The Morgan fingerprint density at radius 2 is 1.94 bits per heavy atom. The van der Waals surface area contributed by atoms with E-state index in [0.29, 0.717) is 6.54 Å². The quantitative estimate of drug-likeness (QED) is 0.906. The number of nitrogens with zero attached hydrogens (tertiary/aromatic N) is 1. The Balaban J connectivity index is 2.54. The van der Waals surface area contributed by atoms with Crippen molar-refractivity contribution in [2.75, 3.05) is 13.6 Å². The van der Waals surface area contributed by atoms with E-state index >= 15 is 0 Å². The second-order valence-electron chi connectivity index (χ2n) is 4.72. The molecule has 0 saturated heterocycles. The van der Waals surface area contributed by atoms with E-state index in [2.05, 4.69) is 34.2 Å². The number of rotatable bonds is 5. The molecule has 1 rings (SSSR count). The lowest BCUT2D eigenvalue weighted by Crippen LogP contribution is -2.40. The Morgan fingerprint density at radius 3 is 2.50 bits per heavy atom. The summed E-state index contributed by atoms with van der Waals surface area (Å²) in [5.74, 6) is 0.115. The highest BCUT2D eigenvalue weighted by Crippen LogP contribution is 2.22. The molecule has 0 heterocycles. The molecular weight excluding hydrogens is 292 g/mol. The van der Waals surface area contributed by atoms with Gasteiger partial charge in [-0.15, -0.1) is 0 Å². The number of halogens is 1. The predicted octanol–water partition coefficient (Wildman–Crippen LogP) is 2.97. The van der Waals surface area contributed by atoms with Crippen LogP contribution in [0.3, 0.4) is 0 Å². The molecule has 0 aliphatic heterocycles. The van der Waals surface area contributed by atoms with Gasteiger partial charge in [-0.05, 0) is 32.4 Å². The van der Waals surface area contributed by atoms with Crippen molar-refractivity contribution in [1.82, 2.24) is 10.2 Å². The number of nitrogens with one attached hydrogen (secondary N) is 1. The molecule has 0 bridgehead atoms. The largest absolute Gasteiger partial charge is 0.342 e. The summed E-state index contributed by atoms with van der Waals surface area (Å²) in [5.41, 5.74) is 1.16. The standard InChI is InChI=1S/C14H21BrN2O/c1-10(2)17(4)14(18)9-16-11(3)12-7-5-6-8-13(12)15/h5-8,10-11,16H,9H2,1-4H3/t11-/m0/s1. The molecule has 0 aliphatic carbocycles. The molecule has 0 fully saturated rings. The third kappa shape index (κ3) is 4.10. The summed E-state index contributed by atoms with van der Waals surface area (Å²) in [4.78, 5) is 13.6. The van der Waals surface area contributed by atoms with Gasteiger partial charge in [0.05, 0.1) is 6.54 Å². The van der Waals surface area contributed by atoms with Crippen LogP contribution in [0.25, 0.3) is 0 Å². The highest BCUT2D eigenvalue weighted by atomic mass is 79.9. The average Bonchev–Trinajstić information content (AvgIpc) is 2.35. The molecule has 1 aromatic carbocycles. The number of hydrogen-bond donors (Lipinski definition) is 1. The molecule has 0 unspecified atom stereocenters. The van der Waals surface area contributed by atoms with Gasteiger partial charge in [-0.1, -0.05) is 34.1 Å². The van der Waals surface area contributed by atoms with Crippen LogP contribution < -0.4 is 5.32 Å². The van der Waals surface area contributed by atoms with E-state index in [1.807, 2.05) is 39.1 Å². The summed E-state index contributed by atoms with van der Waals surface area (Å²) in [6.45, 7) is 6.43. The van der Waals surface area contributed by atoms with Gasteiger partial charge in [0.15, 0.2) is 0 Å². The predicted molar refractivity (Wildman–Crippen MR) is 78.5 cm³/mol. The monoisotopic (exact) mass is 312 g/mol. The van der Waals surface area contributed by atoms with Crippen molar-refractivity contribution in [2.45, 2.75) is 32.9 Å². The minimum atomic E-state index is 0.115. The number of benzene rings is 1. The number of carbonyl (C=O) groups excluding carboxylic acids is 1. The van der Waals surface area contributed by atoms with E-state index < -0.39 is 0 Å². The fourth-order valence-corrected chi connectivity index (χ4v) is 2.22. The smallest absolute Gasteiger partial charge is 0.236 e. The Morgan fingerprint density at radius 1 is 1.33 bits per heavy atom. The van der Waals surface area contributed by atoms with Crippen molar-refractivity contribution in [3.05, 3.63) is 34.3 Å². The van der Waals surface area contributed by atoms with Gasteiger partial charge in [-0.2, -0.15) is 0 Å². The first kappa shape index (κ1) is 15.2. The van der Waals surface area contributed by atoms with Crippen molar-refractivity contribution in [3.63, 3.8) is 0 Å². The van der Waals surface area contributed by atoms with Gasteiger partial charge >= 0.3 is 0 Å². The lowest BCUT2D eigenvalue weighted by atomic mass is 10.1. The van der Waals surface area contributed by atoms with Crippen LogP contribution in [-0.4, -0.2) is 30.4 Å². The molecule has 0 aliphatic rings. The first-order valence-corrected chi connectivity index (χ1v) is 6.96. The number of carbonyl (C=O) groups is 1. The van der Waals surface area contributed by atoms with E-state index in [4.69, 9.17) is 0 Å². The van der Waals surface area contributed by atoms with Crippen LogP contribution in [0.1, 0.15) is 32.4 Å². The van der Waals surface area contributed by atoms with Crippen molar-refractivity contribution in [2.24, 2.45) is 0 Å². The molecule has 0 saturated carbocycles. The SMILES string of the molecule is CC(C)N(C)C(=O)CN[C@@H](C)c1ccccc1Br. The van der Waals surface area contributed by atoms with Crippen LogP contribution in [0.5, 0.6) is 0 Å². The first-order valence-electron chi connectivity index (χ1n) is 6.17. The van der Waals surface area contributed by atoms with Crippen LogP contribution in [-0.2, 0) is 4.79 Å². The zero-order chi connectivity index (χ0) is 13.7. The van der Waals surface area contributed by atoms with Crippen LogP contribution in [0.15, 0.2) is 28.7 Å². The Hall–Kier alpha value is -0.870. The summed E-state index contributed by atoms with van der Waals surface area (Å²) in [7, 11) is 1.83. The second kappa shape index (κ2) is 6.90. The van der Waals surface area contributed by atoms with Crippen LogP contribution in [0, 0.1) is 0 Å². The third-order valence-corrected chi connectivity index (χ3v) is 3.82. The summed E-state index contributed by atoms with van der Waals surface area (Å²) < 4.78 is 1.06. The van der Waals surface area contributed by atoms with Gasteiger partial charge in [-0.3, -0.25) is 4.79 Å². The molecule has 1 amide bonds. The second-order valence-corrected chi connectivity index (χ2v) is 5.58. The molecule has 1 N–H and O–H groups in total. The lowest BCUT2D eigenvalue weighted by Gasteiger charge is -2.23. The maximum atomic E-state index is 11.9. The molecule has 3 nitrogen and oxygen atoms in total. The highest BCUT2D eigenvalue weighted by molar-refractivity contribution is 9.10. The molecule has 0 aromatic heterocycles.